The number of benzene rings is 1. The highest BCUT2D eigenvalue weighted by Gasteiger charge is 2.36. The Bertz CT molecular complexity index is 1430. The van der Waals surface area contributed by atoms with E-state index in [4.69, 9.17) is 4.74 Å². The van der Waals surface area contributed by atoms with Crippen LogP contribution in [-0.2, 0) is 24.8 Å². The molecule has 0 radical (unpaired) electrons. The van der Waals surface area contributed by atoms with Crippen LogP contribution in [0.3, 0.4) is 0 Å². The quantitative estimate of drug-likeness (QED) is 0.422. The van der Waals surface area contributed by atoms with E-state index in [0.717, 1.165) is 72.3 Å². The lowest BCUT2D eigenvalue weighted by Gasteiger charge is -2.47. The largest absolute Gasteiger partial charge is 0.379 e. The Kier molecular flexibility index (Phi) is 8.33. The van der Waals surface area contributed by atoms with Crippen LogP contribution in [0.25, 0.3) is 10.9 Å². The van der Waals surface area contributed by atoms with Gasteiger partial charge in [0.25, 0.3) is 11.5 Å². The van der Waals surface area contributed by atoms with Crippen molar-refractivity contribution < 1.29 is 9.53 Å². The number of anilines is 1. The molecule has 2 aliphatic rings. The summed E-state index contributed by atoms with van der Waals surface area (Å²) in [5.74, 6) is -0.161. The van der Waals surface area contributed by atoms with Gasteiger partial charge in [-0.05, 0) is 76.1 Å². The van der Waals surface area contributed by atoms with Gasteiger partial charge in [-0.2, -0.15) is 5.10 Å². The molecule has 3 aromatic rings. The number of aromatic amines is 1. The molecule has 0 bridgehead atoms. The first-order chi connectivity index (χ1) is 19.2. The standard InChI is InChI=1S/C31H44N6O3/c1-7-24-25(30(38)32-15-26-19(3)13-20(4)34-31(26)39)14-28-27(16-33-35(28)5)29(24)37(8-2)22-11-9-21(10-12-22)36-17-23(18-36)40-6/h13-14,16,21-23H,7-12,15,17-18H2,1-6H3,(H,32,38)(H,34,39)/t21-,22-. The van der Waals surface area contributed by atoms with Crippen molar-refractivity contribution in [2.45, 2.75) is 84.5 Å². The van der Waals surface area contributed by atoms with E-state index < -0.39 is 0 Å². The molecule has 2 fully saturated rings. The number of methoxy groups -OCH3 is 1. The van der Waals surface area contributed by atoms with Gasteiger partial charge in [-0.1, -0.05) is 6.92 Å². The summed E-state index contributed by atoms with van der Waals surface area (Å²) in [6.45, 7) is 11.2. The van der Waals surface area contributed by atoms with Crippen LogP contribution in [0.15, 0.2) is 23.1 Å². The minimum Gasteiger partial charge on any atom is -0.379 e. The molecule has 0 atom stereocenters. The molecule has 1 saturated heterocycles. The minimum absolute atomic E-state index is 0.153. The van der Waals surface area contributed by atoms with Gasteiger partial charge >= 0.3 is 0 Å². The summed E-state index contributed by atoms with van der Waals surface area (Å²) in [6, 6.07) is 4.95. The zero-order valence-corrected chi connectivity index (χ0v) is 24.8. The smallest absolute Gasteiger partial charge is 0.253 e. The number of pyridine rings is 1. The fourth-order valence-corrected chi connectivity index (χ4v) is 6.82. The van der Waals surface area contributed by atoms with Crippen molar-refractivity contribution >= 4 is 22.5 Å². The molecule has 9 nitrogen and oxygen atoms in total. The van der Waals surface area contributed by atoms with Crippen molar-refractivity contribution in [3.8, 4) is 0 Å². The highest BCUT2D eigenvalue weighted by molar-refractivity contribution is 6.05. The van der Waals surface area contributed by atoms with E-state index in [2.05, 4.69) is 39.0 Å². The summed E-state index contributed by atoms with van der Waals surface area (Å²) < 4.78 is 7.34. The molecule has 0 unspecified atom stereocenters. The maximum atomic E-state index is 13.7. The Hall–Kier alpha value is -3.17. The Labute approximate surface area is 236 Å². The molecule has 5 rings (SSSR count). The average molecular weight is 549 g/mol. The first-order valence-electron chi connectivity index (χ1n) is 14.7. The van der Waals surface area contributed by atoms with Gasteiger partial charge in [0.2, 0.25) is 0 Å². The topological polar surface area (TPSA) is 95.5 Å². The summed E-state index contributed by atoms with van der Waals surface area (Å²) in [5.41, 5.74) is 5.91. The van der Waals surface area contributed by atoms with E-state index in [1.54, 1.807) is 7.11 Å². The van der Waals surface area contributed by atoms with Crippen molar-refractivity contribution in [3.05, 3.63) is 56.6 Å². The van der Waals surface area contributed by atoms with Crippen LogP contribution in [0, 0.1) is 13.8 Å². The SMILES string of the molecule is CCc1c(C(=O)NCc2c(C)cc(C)[nH]c2=O)cc2c(cnn2C)c1N(CC)[C@H]1CC[C@H](N2CC(OC)C2)CC1. The zero-order chi connectivity index (χ0) is 28.6. The van der Waals surface area contributed by atoms with Crippen LogP contribution in [0.4, 0.5) is 5.69 Å². The molecular weight excluding hydrogens is 504 g/mol. The molecule has 40 heavy (non-hydrogen) atoms. The number of nitrogens with zero attached hydrogens (tertiary/aromatic N) is 4. The van der Waals surface area contributed by atoms with Crippen molar-refractivity contribution in [2.24, 2.45) is 7.05 Å². The Morgan fingerprint density at radius 3 is 2.50 bits per heavy atom. The number of H-pyrrole nitrogens is 1. The fourth-order valence-electron chi connectivity index (χ4n) is 6.82. The second-order valence-corrected chi connectivity index (χ2v) is 11.5. The second-order valence-electron chi connectivity index (χ2n) is 11.5. The maximum Gasteiger partial charge on any atom is 0.253 e. The van der Waals surface area contributed by atoms with Gasteiger partial charge in [-0.25, -0.2) is 0 Å². The lowest BCUT2D eigenvalue weighted by atomic mass is 9.86. The third-order valence-electron chi connectivity index (χ3n) is 9.11. The van der Waals surface area contributed by atoms with Gasteiger partial charge < -0.3 is 19.9 Å². The normalized spacial score (nSPS) is 20.1. The van der Waals surface area contributed by atoms with Gasteiger partial charge in [0.05, 0.1) is 23.5 Å². The molecule has 1 aromatic carbocycles. The van der Waals surface area contributed by atoms with E-state index in [9.17, 15) is 9.59 Å². The first-order valence-corrected chi connectivity index (χ1v) is 14.7. The van der Waals surface area contributed by atoms with Gasteiger partial charge in [0.1, 0.15) is 0 Å². The summed E-state index contributed by atoms with van der Waals surface area (Å²) in [5, 5.41) is 8.72. The minimum atomic E-state index is -0.161. The lowest BCUT2D eigenvalue weighted by Crippen LogP contribution is -2.57. The van der Waals surface area contributed by atoms with Crippen LogP contribution >= 0.6 is 0 Å². The highest BCUT2D eigenvalue weighted by atomic mass is 16.5. The molecule has 9 heteroatoms. The van der Waals surface area contributed by atoms with Crippen molar-refractivity contribution in [2.75, 3.05) is 31.6 Å². The zero-order valence-electron chi connectivity index (χ0n) is 24.8. The molecule has 3 heterocycles. The van der Waals surface area contributed by atoms with Crippen molar-refractivity contribution in [1.29, 1.82) is 0 Å². The predicted octanol–water partition coefficient (Wildman–Crippen LogP) is 3.84. The average Bonchev–Trinajstić information content (AvgIpc) is 3.28. The predicted molar refractivity (Wildman–Crippen MR) is 159 cm³/mol. The lowest BCUT2D eigenvalue weighted by molar-refractivity contribution is -0.0578. The Balaban J connectivity index is 1.43. The second kappa shape index (κ2) is 11.7. The van der Waals surface area contributed by atoms with Crippen molar-refractivity contribution in [1.82, 2.24) is 25.0 Å². The summed E-state index contributed by atoms with van der Waals surface area (Å²) in [6.07, 6.45) is 7.68. The van der Waals surface area contributed by atoms with Gasteiger partial charge in [-0.3, -0.25) is 19.2 Å². The van der Waals surface area contributed by atoms with E-state index >= 15 is 0 Å². The van der Waals surface area contributed by atoms with E-state index in [0.29, 0.717) is 29.3 Å². The third-order valence-corrected chi connectivity index (χ3v) is 9.11. The Morgan fingerprint density at radius 1 is 1.15 bits per heavy atom. The number of hydrogen-bond acceptors (Lipinski definition) is 6. The molecule has 0 spiro atoms. The number of rotatable bonds is 9. The van der Waals surface area contributed by atoms with Gasteiger partial charge in [-0.15, -0.1) is 0 Å². The molecule has 2 N–H and O–H groups in total. The molecular formula is C31H44N6O3. The number of aromatic nitrogens is 3. The molecule has 216 valence electrons. The molecule has 1 aliphatic carbocycles. The monoisotopic (exact) mass is 548 g/mol. The van der Waals surface area contributed by atoms with Crippen LogP contribution in [-0.4, -0.2) is 70.5 Å². The molecule has 1 aliphatic heterocycles. The van der Waals surface area contributed by atoms with Crippen molar-refractivity contribution in [3.63, 3.8) is 0 Å². The number of likely N-dealkylation sites (tertiary alicyclic amines) is 1. The van der Waals surface area contributed by atoms with Gasteiger partial charge in [0.15, 0.2) is 0 Å². The van der Waals surface area contributed by atoms with Crippen LogP contribution < -0.4 is 15.8 Å². The highest BCUT2D eigenvalue weighted by Crippen LogP contribution is 2.39. The number of hydrogen-bond donors (Lipinski definition) is 2. The van der Waals surface area contributed by atoms with E-state index in [1.807, 2.05) is 43.9 Å². The summed E-state index contributed by atoms with van der Waals surface area (Å²) in [4.78, 5) is 34.2. The van der Waals surface area contributed by atoms with Gasteiger partial charge in [0, 0.05) is 74.6 Å². The van der Waals surface area contributed by atoms with E-state index in [-0.39, 0.29) is 18.0 Å². The number of nitrogens with one attached hydrogen (secondary N) is 2. The number of aryl methyl sites for hydroxylation is 3. The maximum absolute atomic E-state index is 13.7. The van der Waals surface area contributed by atoms with Crippen LogP contribution in [0.5, 0.6) is 0 Å². The molecule has 1 amide bonds. The Morgan fingerprint density at radius 2 is 1.88 bits per heavy atom. The first kappa shape index (κ1) is 28.4. The fraction of sp³-hybridized carbons (Fsp3) is 0.581. The summed E-state index contributed by atoms with van der Waals surface area (Å²) >= 11 is 0. The molecule has 2 aromatic heterocycles. The number of ether oxygens (including phenoxy) is 1. The van der Waals surface area contributed by atoms with Crippen LogP contribution in [0.2, 0.25) is 0 Å². The number of carbonyl (C=O) groups excluding carboxylic acids is 1. The summed E-state index contributed by atoms with van der Waals surface area (Å²) in [7, 11) is 3.73. The number of carbonyl (C=O) groups is 1. The molecule has 1 saturated carbocycles. The third kappa shape index (κ3) is 5.29. The van der Waals surface area contributed by atoms with E-state index in [1.165, 1.54) is 12.8 Å². The van der Waals surface area contributed by atoms with Crippen LogP contribution in [0.1, 0.15) is 72.3 Å². The number of amides is 1. The number of fused-ring (bicyclic) bond motifs is 1.